The number of aromatic amines is 1. The second-order valence-corrected chi connectivity index (χ2v) is 7.58. The first-order valence-corrected chi connectivity index (χ1v) is 8.96. The summed E-state index contributed by atoms with van der Waals surface area (Å²) < 4.78 is 0. The highest BCUT2D eigenvalue weighted by atomic mass is 32.2. The van der Waals surface area contributed by atoms with Gasteiger partial charge in [-0.15, -0.1) is 11.3 Å². The van der Waals surface area contributed by atoms with Crippen LogP contribution in [0.15, 0.2) is 4.79 Å². The number of hydrogen-bond donors (Lipinski definition) is 3. The number of aromatic nitrogens is 2. The van der Waals surface area contributed by atoms with Crippen molar-refractivity contribution in [3.05, 3.63) is 26.6 Å². The number of nitrogens with one attached hydrogen (secondary N) is 2. The van der Waals surface area contributed by atoms with Crippen molar-refractivity contribution in [2.24, 2.45) is 0 Å². The molecule has 1 unspecified atom stereocenters. The maximum atomic E-state index is 12.1. The molecule has 0 radical (unpaired) electrons. The summed E-state index contributed by atoms with van der Waals surface area (Å²) in [7, 11) is 0. The lowest BCUT2D eigenvalue weighted by Crippen LogP contribution is -2.40. The molecule has 5 nitrogen and oxygen atoms in total. The first-order chi connectivity index (χ1) is 9.84. The van der Waals surface area contributed by atoms with E-state index in [1.54, 1.807) is 30.0 Å². The zero-order valence-electron chi connectivity index (χ0n) is 12.7. The minimum Gasteiger partial charge on any atom is -0.388 e. The minimum atomic E-state index is -0.764. The number of H-pyrrole nitrogens is 1. The van der Waals surface area contributed by atoms with E-state index in [9.17, 15) is 9.90 Å². The van der Waals surface area contributed by atoms with E-state index in [1.807, 2.05) is 20.1 Å². The number of thiophene rings is 1. The van der Waals surface area contributed by atoms with Crippen molar-refractivity contribution < 1.29 is 5.11 Å². The Morgan fingerprint density at radius 2 is 2.19 bits per heavy atom. The quantitative estimate of drug-likeness (QED) is 0.754. The van der Waals surface area contributed by atoms with Crippen LogP contribution in [0.3, 0.4) is 0 Å². The second-order valence-electron chi connectivity index (χ2n) is 5.51. The zero-order chi connectivity index (χ0) is 15.6. The summed E-state index contributed by atoms with van der Waals surface area (Å²) in [6.07, 6.45) is 1.96. The van der Waals surface area contributed by atoms with Crippen molar-refractivity contribution in [1.29, 1.82) is 0 Å². The first kappa shape index (κ1) is 16.5. The molecule has 0 saturated carbocycles. The van der Waals surface area contributed by atoms with Crippen molar-refractivity contribution in [2.45, 2.75) is 32.9 Å². The normalized spacial score (nSPS) is 14.5. The average Bonchev–Trinajstić information content (AvgIpc) is 2.65. The molecule has 3 N–H and O–H groups in total. The Bertz CT molecular complexity index is 691. The Morgan fingerprint density at radius 3 is 2.86 bits per heavy atom. The van der Waals surface area contributed by atoms with Crippen LogP contribution in [0.2, 0.25) is 0 Å². The number of aryl methyl sites for hydroxylation is 2. The number of thioether (sulfide) groups is 1. The van der Waals surface area contributed by atoms with Crippen LogP contribution in [0.1, 0.15) is 23.2 Å². The van der Waals surface area contributed by atoms with Gasteiger partial charge in [0.1, 0.15) is 10.7 Å². The maximum Gasteiger partial charge on any atom is 0.259 e. The Labute approximate surface area is 132 Å². The van der Waals surface area contributed by atoms with Gasteiger partial charge in [0.25, 0.3) is 5.56 Å². The van der Waals surface area contributed by atoms with Crippen LogP contribution >= 0.6 is 23.1 Å². The fourth-order valence-corrected chi connectivity index (χ4v) is 3.97. The average molecular weight is 327 g/mol. The molecule has 2 aromatic rings. The molecule has 0 bridgehead atoms. The van der Waals surface area contributed by atoms with Gasteiger partial charge in [0.05, 0.1) is 17.5 Å². The van der Waals surface area contributed by atoms with Gasteiger partial charge in [0.15, 0.2) is 0 Å². The van der Waals surface area contributed by atoms with Gasteiger partial charge in [-0.05, 0) is 32.6 Å². The molecule has 0 saturated heterocycles. The molecule has 2 heterocycles. The summed E-state index contributed by atoms with van der Waals surface area (Å²) in [5.41, 5.74) is 0.153. The van der Waals surface area contributed by atoms with Crippen molar-refractivity contribution in [2.75, 3.05) is 18.6 Å². The molecule has 2 aromatic heterocycles. The van der Waals surface area contributed by atoms with Crippen molar-refractivity contribution in [1.82, 2.24) is 15.3 Å². The van der Waals surface area contributed by atoms with Crippen molar-refractivity contribution in [3.8, 4) is 0 Å². The minimum absolute atomic E-state index is 0.0884. The van der Waals surface area contributed by atoms with Crippen LogP contribution < -0.4 is 10.9 Å². The molecular formula is C14H21N3O2S2. The Hall–Kier alpha value is -0.890. The zero-order valence-corrected chi connectivity index (χ0v) is 14.4. The van der Waals surface area contributed by atoms with E-state index in [2.05, 4.69) is 15.3 Å². The summed E-state index contributed by atoms with van der Waals surface area (Å²) in [6, 6.07) is 0. The molecular weight excluding hydrogens is 306 g/mol. The molecule has 0 amide bonds. The van der Waals surface area contributed by atoms with Crippen molar-refractivity contribution >= 4 is 33.3 Å². The molecule has 2 rings (SSSR count). The molecule has 0 fully saturated rings. The highest BCUT2D eigenvalue weighted by molar-refractivity contribution is 7.98. The standard InChI is InChI=1S/C14H21N3O2S2/c1-8-9(2)21-13-11(8)12(18)16-10(17-13)5-15-6-14(3,19)7-20-4/h15,19H,5-7H2,1-4H3,(H,16,17,18). The largest absolute Gasteiger partial charge is 0.388 e. The molecule has 0 aliphatic rings. The number of aliphatic hydroxyl groups is 1. The van der Waals surface area contributed by atoms with Crippen LogP contribution in [0, 0.1) is 13.8 Å². The monoisotopic (exact) mass is 327 g/mol. The van der Waals surface area contributed by atoms with E-state index < -0.39 is 5.60 Å². The molecule has 7 heteroatoms. The number of fused-ring (bicyclic) bond motifs is 1. The summed E-state index contributed by atoms with van der Waals surface area (Å²) >= 11 is 3.14. The molecule has 0 aromatic carbocycles. The van der Waals surface area contributed by atoms with Crippen LogP contribution in [0.4, 0.5) is 0 Å². The Morgan fingerprint density at radius 1 is 1.48 bits per heavy atom. The lowest BCUT2D eigenvalue weighted by atomic mass is 10.1. The summed E-state index contributed by atoms with van der Waals surface area (Å²) in [5, 5.41) is 13.9. The van der Waals surface area contributed by atoms with E-state index in [1.165, 1.54) is 0 Å². The number of nitrogens with zero attached hydrogens (tertiary/aromatic N) is 1. The third-order valence-electron chi connectivity index (χ3n) is 3.34. The molecule has 116 valence electrons. The van der Waals surface area contributed by atoms with Crippen LogP contribution in [0.5, 0.6) is 0 Å². The predicted octanol–water partition coefficient (Wildman–Crippen LogP) is 1.81. The van der Waals surface area contributed by atoms with Gasteiger partial charge in [0.2, 0.25) is 0 Å². The number of rotatable bonds is 6. The van der Waals surface area contributed by atoms with E-state index in [4.69, 9.17) is 0 Å². The van der Waals surface area contributed by atoms with Crippen molar-refractivity contribution in [3.63, 3.8) is 0 Å². The molecule has 21 heavy (non-hydrogen) atoms. The van der Waals surface area contributed by atoms with Crippen LogP contribution in [-0.4, -0.2) is 39.2 Å². The fraction of sp³-hybridized carbons (Fsp3) is 0.571. The third-order valence-corrected chi connectivity index (χ3v) is 5.35. The molecule has 1 atom stereocenters. The van der Waals surface area contributed by atoms with Crippen LogP contribution in [0.25, 0.3) is 10.2 Å². The van der Waals surface area contributed by atoms with Gasteiger partial charge < -0.3 is 15.4 Å². The van der Waals surface area contributed by atoms with E-state index in [0.717, 1.165) is 15.3 Å². The van der Waals surface area contributed by atoms with Gasteiger partial charge >= 0.3 is 0 Å². The van der Waals surface area contributed by atoms with Gasteiger partial charge in [-0.2, -0.15) is 11.8 Å². The highest BCUT2D eigenvalue weighted by Gasteiger charge is 2.19. The lowest BCUT2D eigenvalue weighted by molar-refractivity contribution is 0.0844. The topological polar surface area (TPSA) is 78.0 Å². The second kappa shape index (κ2) is 6.48. The Balaban J connectivity index is 2.12. The molecule has 0 aliphatic carbocycles. The summed E-state index contributed by atoms with van der Waals surface area (Å²) in [6.45, 7) is 6.63. The van der Waals surface area contributed by atoms with Gasteiger partial charge in [-0.1, -0.05) is 0 Å². The van der Waals surface area contributed by atoms with Crippen LogP contribution in [-0.2, 0) is 6.54 Å². The fourth-order valence-electron chi connectivity index (χ4n) is 2.20. The molecule has 0 spiro atoms. The lowest BCUT2D eigenvalue weighted by Gasteiger charge is -2.22. The maximum absolute atomic E-state index is 12.1. The summed E-state index contributed by atoms with van der Waals surface area (Å²) in [5.74, 6) is 1.26. The number of hydrogen-bond acceptors (Lipinski definition) is 6. The van der Waals surface area contributed by atoms with E-state index >= 15 is 0 Å². The third kappa shape index (κ3) is 3.85. The smallest absolute Gasteiger partial charge is 0.259 e. The van der Waals surface area contributed by atoms with Gasteiger partial charge in [-0.25, -0.2) is 4.98 Å². The Kier molecular flexibility index (Phi) is 5.08. The predicted molar refractivity (Wildman–Crippen MR) is 90.4 cm³/mol. The highest BCUT2D eigenvalue weighted by Crippen LogP contribution is 2.25. The van der Waals surface area contributed by atoms with E-state index in [0.29, 0.717) is 30.1 Å². The van der Waals surface area contributed by atoms with E-state index in [-0.39, 0.29) is 5.56 Å². The first-order valence-electron chi connectivity index (χ1n) is 6.75. The van der Waals surface area contributed by atoms with Gasteiger partial charge in [0, 0.05) is 17.2 Å². The molecule has 0 aliphatic heterocycles. The summed E-state index contributed by atoms with van der Waals surface area (Å²) in [4.78, 5) is 21.3. The SMILES string of the molecule is CSCC(C)(O)CNCc1nc2sc(C)c(C)c2c(=O)[nH]1. The van der Waals surface area contributed by atoms with Gasteiger partial charge in [-0.3, -0.25) is 4.79 Å².